The number of hydrogen-bond acceptors (Lipinski definition) is 7. The molecule has 2 atom stereocenters. The van der Waals surface area contributed by atoms with Crippen LogP contribution in [0.25, 0.3) is 0 Å². The number of anilines is 2. The van der Waals surface area contributed by atoms with Crippen LogP contribution >= 0.6 is 0 Å². The van der Waals surface area contributed by atoms with E-state index < -0.39 is 0 Å². The first kappa shape index (κ1) is 16.6. The summed E-state index contributed by atoms with van der Waals surface area (Å²) >= 11 is 0. The number of rotatable bonds is 4. The molecule has 0 amide bonds. The molecule has 1 saturated heterocycles. The Hall–Kier alpha value is -2.25. The fourth-order valence-electron chi connectivity index (χ4n) is 2.84. The zero-order chi connectivity index (χ0) is 17.1. The summed E-state index contributed by atoms with van der Waals surface area (Å²) < 4.78 is 5.94. The lowest BCUT2D eigenvalue weighted by atomic mass is 10.1. The van der Waals surface area contributed by atoms with Gasteiger partial charge in [0.1, 0.15) is 0 Å². The van der Waals surface area contributed by atoms with Crippen LogP contribution in [0.5, 0.6) is 0 Å². The van der Waals surface area contributed by atoms with E-state index in [1.165, 1.54) is 5.56 Å². The van der Waals surface area contributed by atoms with Gasteiger partial charge >= 0.3 is 0 Å². The Bertz CT molecular complexity index is 678. The number of morpholine rings is 1. The lowest BCUT2D eigenvalue weighted by molar-refractivity contribution is -0.0442. The van der Waals surface area contributed by atoms with E-state index in [1.807, 2.05) is 37.2 Å². The average Bonchev–Trinajstić information content (AvgIpc) is 2.61. The molecule has 24 heavy (non-hydrogen) atoms. The van der Waals surface area contributed by atoms with Gasteiger partial charge in [0, 0.05) is 27.2 Å². The molecule has 0 radical (unpaired) electrons. The highest BCUT2D eigenvalue weighted by Gasteiger charge is 2.27. The molecule has 7 heteroatoms. The highest BCUT2D eigenvalue weighted by Crippen LogP contribution is 2.27. The summed E-state index contributed by atoms with van der Waals surface area (Å²) in [4.78, 5) is 17.2. The Kier molecular flexibility index (Phi) is 4.92. The number of hydrogen-bond donors (Lipinski definition) is 1. The Morgan fingerprint density at radius 2 is 1.96 bits per heavy atom. The topological polar surface area (TPSA) is 80.4 Å². The van der Waals surface area contributed by atoms with Gasteiger partial charge in [0.2, 0.25) is 11.9 Å². The standard InChI is InChI=1S/C17H24N6O/c1-12(15-19-16(18)21-17(20-15)22(2)3)23-9-10-24-14(11-23)13-7-5-4-6-8-13/h4-8,12,14H,9-11H2,1-3H3,(H2,18,19,20,21). The third kappa shape index (κ3) is 3.63. The van der Waals surface area contributed by atoms with E-state index in [0.717, 1.165) is 13.1 Å². The number of ether oxygens (including phenoxy) is 1. The number of nitrogens with zero attached hydrogens (tertiary/aromatic N) is 5. The highest BCUT2D eigenvalue weighted by molar-refractivity contribution is 5.33. The minimum Gasteiger partial charge on any atom is -0.371 e. The van der Waals surface area contributed by atoms with Gasteiger partial charge in [-0.1, -0.05) is 30.3 Å². The molecule has 1 aromatic carbocycles. The van der Waals surface area contributed by atoms with Crippen LogP contribution in [0, 0.1) is 0 Å². The fraction of sp³-hybridized carbons (Fsp3) is 0.471. The zero-order valence-electron chi connectivity index (χ0n) is 14.4. The molecule has 128 valence electrons. The van der Waals surface area contributed by atoms with Gasteiger partial charge in [-0.2, -0.15) is 15.0 Å². The van der Waals surface area contributed by atoms with Crippen LogP contribution in [-0.2, 0) is 4.74 Å². The number of aromatic nitrogens is 3. The first-order valence-electron chi connectivity index (χ1n) is 8.14. The van der Waals surface area contributed by atoms with Crippen LogP contribution in [0.4, 0.5) is 11.9 Å². The first-order chi connectivity index (χ1) is 11.5. The molecule has 1 fully saturated rings. The van der Waals surface area contributed by atoms with Crippen LogP contribution in [0.1, 0.15) is 30.5 Å². The second-order valence-corrected chi connectivity index (χ2v) is 6.19. The molecule has 2 unspecified atom stereocenters. The third-order valence-electron chi connectivity index (χ3n) is 4.25. The van der Waals surface area contributed by atoms with E-state index in [-0.39, 0.29) is 18.1 Å². The third-order valence-corrected chi connectivity index (χ3v) is 4.25. The highest BCUT2D eigenvalue weighted by atomic mass is 16.5. The summed E-state index contributed by atoms with van der Waals surface area (Å²) in [7, 11) is 3.78. The van der Waals surface area contributed by atoms with E-state index in [1.54, 1.807) is 0 Å². The van der Waals surface area contributed by atoms with Crippen molar-refractivity contribution in [1.29, 1.82) is 0 Å². The van der Waals surface area contributed by atoms with Crippen LogP contribution in [0.2, 0.25) is 0 Å². The number of nitrogen functional groups attached to an aromatic ring is 1. The molecule has 3 rings (SSSR count). The van der Waals surface area contributed by atoms with Crippen LogP contribution in [-0.4, -0.2) is 53.6 Å². The molecule has 2 heterocycles. The first-order valence-corrected chi connectivity index (χ1v) is 8.14. The lowest BCUT2D eigenvalue weighted by Gasteiger charge is -2.36. The molecule has 1 aliphatic heterocycles. The van der Waals surface area contributed by atoms with Gasteiger partial charge in [-0.3, -0.25) is 4.90 Å². The fourth-order valence-corrected chi connectivity index (χ4v) is 2.84. The van der Waals surface area contributed by atoms with Gasteiger partial charge < -0.3 is 15.4 Å². The molecular formula is C17H24N6O. The molecule has 0 aliphatic carbocycles. The molecule has 2 N–H and O–H groups in total. The van der Waals surface area contributed by atoms with Crippen molar-refractivity contribution in [2.45, 2.75) is 19.1 Å². The van der Waals surface area contributed by atoms with Crippen LogP contribution in [0.15, 0.2) is 30.3 Å². The monoisotopic (exact) mass is 328 g/mol. The molecule has 1 aromatic heterocycles. The van der Waals surface area contributed by atoms with E-state index in [2.05, 4.69) is 38.9 Å². The summed E-state index contributed by atoms with van der Waals surface area (Å²) in [5.74, 6) is 1.53. The van der Waals surface area contributed by atoms with Gasteiger partial charge in [0.05, 0.1) is 18.8 Å². The van der Waals surface area contributed by atoms with Crippen molar-refractivity contribution in [3.05, 3.63) is 41.7 Å². The minimum absolute atomic E-state index is 0.0455. The van der Waals surface area contributed by atoms with Gasteiger partial charge in [-0.05, 0) is 12.5 Å². The van der Waals surface area contributed by atoms with E-state index in [9.17, 15) is 0 Å². The maximum atomic E-state index is 5.94. The molecular weight excluding hydrogens is 304 g/mol. The van der Waals surface area contributed by atoms with Crippen molar-refractivity contribution in [2.75, 3.05) is 44.4 Å². The molecule has 1 aliphatic rings. The van der Waals surface area contributed by atoms with Gasteiger partial charge in [-0.25, -0.2) is 0 Å². The second-order valence-electron chi connectivity index (χ2n) is 6.19. The van der Waals surface area contributed by atoms with Crippen LogP contribution in [0.3, 0.4) is 0 Å². The Balaban J connectivity index is 1.78. The molecule has 0 bridgehead atoms. The summed E-state index contributed by atoms with van der Waals surface area (Å²) in [5, 5.41) is 0. The summed E-state index contributed by atoms with van der Waals surface area (Å²) in [5.41, 5.74) is 7.04. The van der Waals surface area contributed by atoms with Crippen molar-refractivity contribution in [1.82, 2.24) is 19.9 Å². The Labute approximate surface area is 142 Å². The average molecular weight is 328 g/mol. The maximum Gasteiger partial charge on any atom is 0.229 e. The lowest BCUT2D eigenvalue weighted by Crippen LogP contribution is -2.40. The summed E-state index contributed by atoms with van der Waals surface area (Å²) in [6.45, 7) is 4.42. The van der Waals surface area contributed by atoms with E-state index in [4.69, 9.17) is 10.5 Å². The SMILES string of the molecule is CC(c1nc(N)nc(N(C)C)n1)N1CCOC(c2ccccc2)C1. The van der Waals surface area contributed by atoms with Gasteiger partial charge in [0.15, 0.2) is 5.82 Å². The largest absolute Gasteiger partial charge is 0.371 e. The minimum atomic E-state index is 0.0455. The molecule has 0 spiro atoms. The Morgan fingerprint density at radius 3 is 2.67 bits per heavy atom. The zero-order valence-corrected chi connectivity index (χ0v) is 14.4. The number of nitrogens with two attached hydrogens (primary N) is 1. The van der Waals surface area contributed by atoms with Gasteiger partial charge in [-0.15, -0.1) is 0 Å². The maximum absolute atomic E-state index is 5.94. The van der Waals surface area contributed by atoms with Crippen molar-refractivity contribution >= 4 is 11.9 Å². The second kappa shape index (κ2) is 7.11. The predicted molar refractivity (Wildman–Crippen MR) is 93.7 cm³/mol. The Morgan fingerprint density at radius 1 is 1.21 bits per heavy atom. The predicted octanol–water partition coefficient (Wildman–Crippen LogP) is 1.65. The normalized spacial score (nSPS) is 19.9. The molecule has 0 saturated carbocycles. The van der Waals surface area contributed by atoms with Crippen LogP contribution < -0.4 is 10.6 Å². The smallest absolute Gasteiger partial charge is 0.229 e. The molecule has 7 nitrogen and oxygen atoms in total. The van der Waals surface area contributed by atoms with Crippen molar-refractivity contribution in [2.24, 2.45) is 0 Å². The van der Waals surface area contributed by atoms with Crippen molar-refractivity contribution < 1.29 is 4.74 Å². The van der Waals surface area contributed by atoms with Crippen molar-refractivity contribution in [3.8, 4) is 0 Å². The van der Waals surface area contributed by atoms with Gasteiger partial charge in [0.25, 0.3) is 0 Å². The summed E-state index contributed by atoms with van der Waals surface area (Å²) in [6.07, 6.45) is 0.0647. The van der Waals surface area contributed by atoms with Crippen molar-refractivity contribution in [3.63, 3.8) is 0 Å². The molecule has 2 aromatic rings. The quantitative estimate of drug-likeness (QED) is 0.914. The van der Waals surface area contributed by atoms with E-state index >= 15 is 0 Å². The van der Waals surface area contributed by atoms with E-state index in [0.29, 0.717) is 18.4 Å². The summed E-state index contributed by atoms with van der Waals surface area (Å²) in [6, 6.07) is 10.3. The number of benzene rings is 1.